The van der Waals surface area contributed by atoms with E-state index in [0.29, 0.717) is 55.4 Å². The van der Waals surface area contributed by atoms with Crippen molar-refractivity contribution in [3.63, 3.8) is 0 Å². The van der Waals surface area contributed by atoms with E-state index in [9.17, 15) is 37.5 Å². The molecule has 0 spiro atoms. The number of benzene rings is 3. The molecule has 4 amide bonds. The van der Waals surface area contributed by atoms with Crippen molar-refractivity contribution >= 4 is 56.9 Å². The molecule has 0 bridgehead atoms. The number of hydrogen-bond acceptors (Lipinski definition) is 13. The number of aromatic nitrogens is 4. The van der Waals surface area contributed by atoms with Crippen molar-refractivity contribution in [1.29, 1.82) is 0 Å². The van der Waals surface area contributed by atoms with Gasteiger partial charge in [0.1, 0.15) is 18.7 Å². The first-order chi connectivity index (χ1) is 35.4. The molecule has 74 heavy (non-hydrogen) atoms. The number of aliphatic hydroxyl groups excluding tert-OH is 1. The van der Waals surface area contributed by atoms with Crippen LogP contribution in [0, 0.1) is 12.3 Å². The average Bonchev–Trinajstić information content (AvgIpc) is 4.15. The lowest BCUT2D eigenvalue weighted by Crippen LogP contribution is -2.58. The largest absolute Gasteiger partial charge is 0.416 e. The van der Waals surface area contributed by atoms with Gasteiger partial charge in [-0.3, -0.25) is 28.4 Å². The number of halogens is 3. The van der Waals surface area contributed by atoms with Crippen molar-refractivity contribution in [2.24, 2.45) is 12.5 Å². The van der Waals surface area contributed by atoms with Crippen molar-refractivity contribution in [2.75, 3.05) is 79.2 Å². The molecule has 22 heteroatoms. The highest BCUT2D eigenvalue weighted by molar-refractivity contribution is 7.13. The number of aryl methyl sites for hydroxylation is 2. The number of amides is 4. The van der Waals surface area contributed by atoms with E-state index in [1.807, 2.05) is 52.0 Å². The Hall–Kier alpha value is -6.27. The number of hydrogen-bond donors (Lipinski definition) is 4. The van der Waals surface area contributed by atoms with E-state index in [0.717, 1.165) is 44.6 Å². The second-order valence-electron chi connectivity index (χ2n) is 18.9. The Bertz CT molecular complexity index is 2850. The zero-order valence-corrected chi connectivity index (χ0v) is 42.9. The first kappa shape index (κ1) is 55.5. The minimum atomic E-state index is -4.45. The van der Waals surface area contributed by atoms with Gasteiger partial charge in [-0.15, -0.1) is 11.3 Å². The molecule has 3 aromatic heterocycles. The van der Waals surface area contributed by atoms with Crippen LogP contribution in [0.2, 0.25) is 0 Å². The van der Waals surface area contributed by atoms with Gasteiger partial charge in [-0.1, -0.05) is 45.0 Å². The van der Waals surface area contributed by atoms with Gasteiger partial charge < -0.3 is 49.6 Å². The van der Waals surface area contributed by atoms with Crippen LogP contribution in [0.15, 0.2) is 78.4 Å². The van der Waals surface area contributed by atoms with Gasteiger partial charge in [-0.2, -0.15) is 18.3 Å². The molecule has 3 atom stereocenters. The SMILES string of the molecule is Cc1ncsc1-c1ccc(CNC(=O)[C@H]2C[C@H](O)CN2C(=O)C(NC(=O)COCCOCCOCCOCCOCCNC(=O)c2ccc3c(c2)c2cn(C)nc2n3-c2ccc(C(F)(F)F)cc2)C(C)(C)C)cc1. The third kappa shape index (κ3) is 14.5. The maximum Gasteiger partial charge on any atom is 0.416 e. The highest BCUT2D eigenvalue weighted by Crippen LogP contribution is 2.35. The Kier molecular flexibility index (Phi) is 19.0. The van der Waals surface area contributed by atoms with Gasteiger partial charge in [0, 0.05) is 61.3 Å². The summed E-state index contributed by atoms with van der Waals surface area (Å²) < 4.78 is 70.7. The Balaban J connectivity index is 0.712. The minimum absolute atomic E-state index is 0.0345. The molecule has 398 valence electrons. The van der Waals surface area contributed by atoms with Crippen LogP contribution in [0.3, 0.4) is 0 Å². The van der Waals surface area contributed by atoms with Crippen molar-refractivity contribution in [2.45, 2.75) is 65.0 Å². The Morgan fingerprint density at radius 2 is 1.46 bits per heavy atom. The number of carbonyl (C=O) groups excluding carboxylic acids is 4. The summed E-state index contributed by atoms with van der Waals surface area (Å²) >= 11 is 1.56. The van der Waals surface area contributed by atoms with Gasteiger partial charge in [0.2, 0.25) is 17.7 Å². The number of nitrogens with zero attached hydrogens (tertiary/aromatic N) is 5. The Morgan fingerprint density at radius 1 is 0.824 bits per heavy atom. The van der Waals surface area contributed by atoms with Gasteiger partial charge >= 0.3 is 6.18 Å². The topological polar surface area (TPSA) is 210 Å². The molecular formula is C52H63F3N8O10S. The van der Waals surface area contributed by atoms with Crippen molar-refractivity contribution in [3.05, 3.63) is 101 Å². The van der Waals surface area contributed by atoms with Gasteiger partial charge in [0.05, 0.1) is 92.7 Å². The molecule has 7 rings (SSSR count). The molecule has 4 N–H and O–H groups in total. The summed E-state index contributed by atoms with van der Waals surface area (Å²) in [4.78, 5) is 60.0. The second kappa shape index (κ2) is 25.3. The molecule has 1 unspecified atom stereocenters. The van der Waals surface area contributed by atoms with Crippen LogP contribution in [-0.4, -0.2) is 150 Å². The monoisotopic (exact) mass is 1050 g/mol. The Labute approximate surface area is 430 Å². The fourth-order valence-corrected chi connectivity index (χ4v) is 9.27. The number of ether oxygens (including phenoxy) is 5. The summed E-state index contributed by atoms with van der Waals surface area (Å²) in [6.45, 7) is 10.0. The molecule has 0 aliphatic carbocycles. The summed E-state index contributed by atoms with van der Waals surface area (Å²) in [5, 5.41) is 25.1. The van der Waals surface area contributed by atoms with Gasteiger partial charge in [0.15, 0.2) is 5.65 Å². The lowest BCUT2D eigenvalue weighted by Gasteiger charge is -2.35. The highest BCUT2D eigenvalue weighted by Gasteiger charge is 2.44. The molecular weight excluding hydrogens is 986 g/mol. The number of nitrogens with one attached hydrogen (secondary N) is 3. The lowest BCUT2D eigenvalue weighted by atomic mass is 9.85. The first-order valence-electron chi connectivity index (χ1n) is 24.3. The van der Waals surface area contributed by atoms with Crippen LogP contribution in [0.25, 0.3) is 38.1 Å². The fraction of sp³-hybridized carbons (Fsp3) is 0.462. The molecule has 1 saturated heterocycles. The van der Waals surface area contributed by atoms with E-state index < -0.39 is 47.2 Å². The molecule has 1 aliphatic heterocycles. The summed E-state index contributed by atoms with van der Waals surface area (Å²) in [5.74, 6) is -1.67. The predicted molar refractivity (Wildman–Crippen MR) is 271 cm³/mol. The third-order valence-electron chi connectivity index (χ3n) is 12.2. The smallest absolute Gasteiger partial charge is 0.391 e. The number of aliphatic hydroxyl groups is 1. The number of thiazole rings is 1. The molecule has 4 heterocycles. The zero-order valence-electron chi connectivity index (χ0n) is 42.0. The van der Waals surface area contributed by atoms with Crippen LogP contribution in [-0.2, 0) is 57.8 Å². The van der Waals surface area contributed by atoms with Crippen LogP contribution >= 0.6 is 11.3 Å². The molecule has 3 aromatic carbocycles. The number of β-amino-alcohol motifs (C(OH)–C–C–N with tert-alkyl or cyclic N) is 1. The van der Waals surface area contributed by atoms with E-state index in [-0.39, 0.29) is 70.9 Å². The van der Waals surface area contributed by atoms with Crippen molar-refractivity contribution in [3.8, 4) is 16.1 Å². The summed E-state index contributed by atoms with van der Waals surface area (Å²) in [6.07, 6.45) is -3.46. The molecule has 0 saturated carbocycles. The average molecular weight is 1050 g/mol. The maximum atomic E-state index is 13.9. The summed E-state index contributed by atoms with van der Waals surface area (Å²) in [7, 11) is 1.75. The molecule has 6 aromatic rings. The van der Waals surface area contributed by atoms with Crippen LogP contribution < -0.4 is 16.0 Å². The summed E-state index contributed by atoms with van der Waals surface area (Å²) in [6, 6.07) is 15.9. The molecule has 1 aliphatic rings. The molecule has 18 nitrogen and oxygen atoms in total. The number of rotatable bonds is 25. The third-order valence-corrected chi connectivity index (χ3v) is 13.2. The van der Waals surface area contributed by atoms with Crippen LogP contribution in [0.4, 0.5) is 13.2 Å². The van der Waals surface area contributed by atoms with E-state index in [2.05, 4.69) is 26.0 Å². The lowest BCUT2D eigenvalue weighted by molar-refractivity contribution is -0.144. The predicted octanol–water partition coefficient (Wildman–Crippen LogP) is 5.59. The second-order valence-corrected chi connectivity index (χ2v) is 19.7. The first-order valence-corrected chi connectivity index (χ1v) is 25.1. The van der Waals surface area contributed by atoms with Gasteiger partial charge in [0.25, 0.3) is 5.91 Å². The number of fused-ring (bicyclic) bond motifs is 3. The van der Waals surface area contributed by atoms with Crippen LogP contribution in [0.1, 0.15) is 54.4 Å². The fourth-order valence-electron chi connectivity index (χ4n) is 8.46. The number of likely N-dealkylation sites (tertiary alicyclic amines) is 1. The summed E-state index contributed by atoms with van der Waals surface area (Å²) in [5.41, 5.74) is 5.38. The van der Waals surface area contributed by atoms with E-state index in [1.165, 1.54) is 17.0 Å². The molecule has 1 fully saturated rings. The maximum absolute atomic E-state index is 13.9. The van der Waals surface area contributed by atoms with Gasteiger partial charge in [-0.25, -0.2) is 4.98 Å². The number of carbonyl (C=O) groups is 4. The molecule has 0 radical (unpaired) electrons. The zero-order chi connectivity index (χ0) is 53.0. The minimum Gasteiger partial charge on any atom is -0.391 e. The number of alkyl halides is 3. The van der Waals surface area contributed by atoms with Crippen LogP contribution in [0.5, 0.6) is 0 Å². The van der Waals surface area contributed by atoms with E-state index in [1.54, 1.807) is 57.5 Å². The van der Waals surface area contributed by atoms with Crippen molar-refractivity contribution < 1.29 is 61.1 Å². The standard InChI is InChI=1S/C52H63F3N8O10S/c1-33-45(74-32-58-33)35-8-6-34(7-9-35)28-57-49(67)43-27-39(64)29-62(43)50(68)46(51(2,3)4)59-44(65)31-73-25-24-72-23-22-71-21-20-70-19-18-69-17-16-56-48(66)36-10-15-42-40(26-36)41-30-61(5)60-47(41)63(42)38-13-11-37(12-14-38)52(53,54)55/h6-15,26,30,32,39,43,46,64H,16-25,27-29,31H2,1-5H3,(H,56,66)(H,57,67)(H,59,65)/t39-,43+,46?/m0/s1. The van der Waals surface area contributed by atoms with E-state index in [4.69, 9.17) is 23.7 Å². The quantitative estimate of drug-likeness (QED) is 0.0518. The van der Waals surface area contributed by atoms with Crippen molar-refractivity contribution in [1.82, 2.24) is 40.2 Å². The highest BCUT2D eigenvalue weighted by atomic mass is 32.1. The Morgan fingerprint density at radius 3 is 2.07 bits per heavy atom. The van der Waals surface area contributed by atoms with Gasteiger partial charge in [-0.05, 0) is 65.9 Å². The van der Waals surface area contributed by atoms with E-state index >= 15 is 0 Å². The normalized spacial score (nSPS) is 15.5.